The number of halogens is 1. The fraction of sp³-hybridized carbons (Fsp3) is 0.588. The van der Waals surface area contributed by atoms with Crippen molar-refractivity contribution in [2.24, 2.45) is 11.7 Å². The van der Waals surface area contributed by atoms with Gasteiger partial charge in [-0.25, -0.2) is 0 Å². The van der Waals surface area contributed by atoms with E-state index in [4.69, 9.17) is 5.73 Å². The first-order chi connectivity index (χ1) is 9.75. The lowest BCUT2D eigenvalue weighted by atomic mass is 9.78. The van der Waals surface area contributed by atoms with Gasteiger partial charge in [0.1, 0.15) is 0 Å². The van der Waals surface area contributed by atoms with Crippen molar-refractivity contribution >= 4 is 18.3 Å². The zero-order valence-corrected chi connectivity index (χ0v) is 13.2. The molecule has 1 aliphatic carbocycles. The lowest BCUT2D eigenvalue weighted by Gasteiger charge is -2.37. The normalized spacial score (nSPS) is 23.3. The second-order valence-electron chi connectivity index (χ2n) is 6.21. The Morgan fingerprint density at radius 1 is 1.19 bits per heavy atom. The first kappa shape index (κ1) is 16.3. The summed E-state index contributed by atoms with van der Waals surface area (Å²) in [6.45, 7) is 0.932. The molecule has 2 aliphatic rings. The van der Waals surface area contributed by atoms with Gasteiger partial charge in [0.2, 0.25) is 5.91 Å². The summed E-state index contributed by atoms with van der Waals surface area (Å²) >= 11 is 0. The smallest absolute Gasteiger partial charge is 0.224 e. The highest BCUT2D eigenvalue weighted by molar-refractivity contribution is 5.85. The van der Waals surface area contributed by atoms with Crippen LogP contribution in [0.15, 0.2) is 30.3 Å². The topological polar surface area (TPSA) is 46.3 Å². The average molecular weight is 309 g/mol. The number of carbonyl (C=O) groups excluding carboxylic acids is 1. The van der Waals surface area contributed by atoms with Crippen LogP contribution in [-0.2, 0) is 4.79 Å². The van der Waals surface area contributed by atoms with E-state index in [0.717, 1.165) is 24.4 Å². The second kappa shape index (κ2) is 7.28. The van der Waals surface area contributed by atoms with E-state index in [0.29, 0.717) is 12.5 Å². The summed E-state index contributed by atoms with van der Waals surface area (Å²) in [6, 6.07) is 10.3. The van der Waals surface area contributed by atoms with Crippen molar-refractivity contribution in [2.75, 3.05) is 6.54 Å². The van der Waals surface area contributed by atoms with Gasteiger partial charge < -0.3 is 10.6 Å². The molecule has 1 heterocycles. The van der Waals surface area contributed by atoms with Crippen molar-refractivity contribution in [1.29, 1.82) is 0 Å². The molecule has 2 unspecified atom stereocenters. The van der Waals surface area contributed by atoms with Gasteiger partial charge in [-0.15, -0.1) is 12.4 Å². The van der Waals surface area contributed by atoms with Gasteiger partial charge in [-0.3, -0.25) is 4.79 Å². The Hall–Kier alpha value is -1.06. The maximum absolute atomic E-state index is 12.5. The van der Waals surface area contributed by atoms with Crippen LogP contribution in [0, 0.1) is 5.92 Å². The van der Waals surface area contributed by atoms with Crippen LogP contribution in [0.25, 0.3) is 0 Å². The van der Waals surface area contributed by atoms with Crippen LogP contribution >= 0.6 is 12.4 Å². The average Bonchev–Trinajstić information content (AvgIpc) is 2.86. The van der Waals surface area contributed by atoms with Gasteiger partial charge in [-0.2, -0.15) is 0 Å². The Balaban J connectivity index is 0.00000161. The Morgan fingerprint density at radius 2 is 1.90 bits per heavy atom. The Labute approximate surface area is 133 Å². The van der Waals surface area contributed by atoms with Crippen molar-refractivity contribution in [3.63, 3.8) is 0 Å². The minimum atomic E-state index is -0.175. The van der Waals surface area contributed by atoms with Crippen LogP contribution < -0.4 is 5.73 Å². The van der Waals surface area contributed by atoms with Gasteiger partial charge in [0.25, 0.3) is 0 Å². The maximum Gasteiger partial charge on any atom is 0.224 e. The van der Waals surface area contributed by atoms with Crippen molar-refractivity contribution < 1.29 is 4.79 Å². The van der Waals surface area contributed by atoms with E-state index >= 15 is 0 Å². The van der Waals surface area contributed by atoms with Crippen molar-refractivity contribution in [3.8, 4) is 0 Å². The molecule has 0 spiro atoms. The Kier molecular flexibility index (Phi) is 5.65. The summed E-state index contributed by atoms with van der Waals surface area (Å²) in [6.07, 6.45) is 6.74. The van der Waals surface area contributed by atoms with Crippen molar-refractivity contribution in [2.45, 2.75) is 50.6 Å². The summed E-state index contributed by atoms with van der Waals surface area (Å²) in [4.78, 5) is 14.6. The third kappa shape index (κ3) is 3.58. The standard InChI is InChI=1S/C17H24N2O.ClH/c18-15(13-6-2-1-3-7-13)12-17(20)19-11-5-10-16(19)14-8-4-9-14;/h1-3,6-7,14-16H,4-5,8-12,18H2;1H. The van der Waals surface area contributed by atoms with Crippen LogP contribution in [0.3, 0.4) is 0 Å². The summed E-state index contributed by atoms with van der Waals surface area (Å²) < 4.78 is 0. The molecule has 1 aromatic rings. The molecule has 2 N–H and O–H groups in total. The SMILES string of the molecule is Cl.NC(CC(=O)N1CCCC1C1CCC1)c1ccccc1. The molecule has 3 rings (SSSR count). The molecule has 1 aromatic carbocycles. The summed E-state index contributed by atoms with van der Waals surface area (Å²) in [5.41, 5.74) is 7.24. The molecule has 4 heteroatoms. The molecule has 1 amide bonds. The molecule has 1 saturated heterocycles. The largest absolute Gasteiger partial charge is 0.339 e. The zero-order chi connectivity index (χ0) is 13.9. The molecular formula is C17H25ClN2O. The number of nitrogens with two attached hydrogens (primary N) is 1. The Morgan fingerprint density at radius 3 is 2.52 bits per heavy atom. The van der Waals surface area contributed by atoms with Crippen molar-refractivity contribution in [1.82, 2.24) is 4.90 Å². The number of amides is 1. The van der Waals surface area contributed by atoms with E-state index in [-0.39, 0.29) is 24.4 Å². The fourth-order valence-electron chi connectivity index (χ4n) is 3.54. The van der Waals surface area contributed by atoms with Crippen LogP contribution in [0.1, 0.15) is 50.1 Å². The van der Waals surface area contributed by atoms with Crippen LogP contribution in [0.5, 0.6) is 0 Å². The molecule has 0 bridgehead atoms. The minimum absolute atomic E-state index is 0. The number of nitrogens with zero attached hydrogens (tertiary/aromatic N) is 1. The van der Waals surface area contributed by atoms with Gasteiger partial charge in [-0.05, 0) is 37.2 Å². The van der Waals surface area contributed by atoms with E-state index in [1.54, 1.807) is 0 Å². The van der Waals surface area contributed by atoms with E-state index < -0.39 is 0 Å². The number of rotatable bonds is 4. The van der Waals surface area contributed by atoms with Gasteiger partial charge in [0.15, 0.2) is 0 Å². The van der Waals surface area contributed by atoms with Crippen LogP contribution in [-0.4, -0.2) is 23.4 Å². The molecule has 2 fully saturated rings. The first-order valence-electron chi connectivity index (χ1n) is 7.85. The van der Waals surface area contributed by atoms with E-state index in [1.165, 1.54) is 25.7 Å². The lowest BCUT2D eigenvalue weighted by molar-refractivity contribution is -0.134. The molecule has 1 saturated carbocycles. The second-order valence-corrected chi connectivity index (χ2v) is 6.21. The summed E-state index contributed by atoms with van der Waals surface area (Å²) in [7, 11) is 0. The van der Waals surface area contributed by atoms with Crippen molar-refractivity contribution in [3.05, 3.63) is 35.9 Å². The molecule has 0 aromatic heterocycles. The van der Waals surface area contributed by atoms with E-state index in [9.17, 15) is 4.79 Å². The third-order valence-electron chi connectivity index (χ3n) is 4.94. The first-order valence-corrected chi connectivity index (χ1v) is 7.85. The van der Waals surface area contributed by atoms with Crippen LogP contribution in [0.4, 0.5) is 0 Å². The highest BCUT2D eigenvalue weighted by Gasteiger charge is 2.37. The lowest BCUT2D eigenvalue weighted by Crippen LogP contribution is -2.43. The highest BCUT2D eigenvalue weighted by atomic mass is 35.5. The molecule has 2 atom stereocenters. The molecule has 3 nitrogen and oxygen atoms in total. The quantitative estimate of drug-likeness (QED) is 0.927. The minimum Gasteiger partial charge on any atom is -0.339 e. The molecule has 1 aliphatic heterocycles. The predicted octanol–water partition coefficient (Wildman–Crippen LogP) is 3.29. The number of likely N-dealkylation sites (tertiary alicyclic amines) is 1. The van der Waals surface area contributed by atoms with Gasteiger partial charge in [0.05, 0.1) is 0 Å². The van der Waals surface area contributed by atoms with E-state index in [1.807, 2.05) is 30.3 Å². The monoisotopic (exact) mass is 308 g/mol. The molecule has 116 valence electrons. The predicted molar refractivity (Wildman–Crippen MR) is 87.3 cm³/mol. The summed E-state index contributed by atoms with van der Waals surface area (Å²) in [5.74, 6) is 1.00. The molecule has 21 heavy (non-hydrogen) atoms. The number of hydrogen-bond acceptors (Lipinski definition) is 2. The zero-order valence-electron chi connectivity index (χ0n) is 12.4. The van der Waals surface area contributed by atoms with Gasteiger partial charge in [0, 0.05) is 25.0 Å². The van der Waals surface area contributed by atoms with Crippen LogP contribution in [0.2, 0.25) is 0 Å². The Bertz CT molecular complexity index is 461. The highest BCUT2D eigenvalue weighted by Crippen LogP contribution is 2.37. The fourth-order valence-corrected chi connectivity index (χ4v) is 3.54. The molecular weight excluding hydrogens is 284 g/mol. The summed E-state index contributed by atoms with van der Waals surface area (Å²) in [5, 5.41) is 0. The van der Waals surface area contributed by atoms with Gasteiger partial charge in [-0.1, -0.05) is 36.8 Å². The number of benzene rings is 1. The van der Waals surface area contributed by atoms with E-state index in [2.05, 4.69) is 4.90 Å². The molecule has 0 radical (unpaired) electrons. The maximum atomic E-state index is 12.5. The number of hydrogen-bond donors (Lipinski definition) is 1. The van der Waals surface area contributed by atoms with Gasteiger partial charge >= 0.3 is 0 Å². The number of carbonyl (C=O) groups is 1. The third-order valence-corrected chi connectivity index (χ3v) is 4.94.